The molecule has 1 unspecified atom stereocenters. The van der Waals surface area contributed by atoms with Gasteiger partial charge in [0.15, 0.2) is 11.2 Å². The lowest BCUT2D eigenvalue weighted by Crippen LogP contribution is -2.47. The Morgan fingerprint density at radius 2 is 1.94 bits per heavy atom. The Kier molecular flexibility index (Phi) is 2.87. The van der Waals surface area contributed by atoms with Crippen LogP contribution in [0.5, 0.6) is 0 Å². The molecule has 0 spiro atoms. The van der Waals surface area contributed by atoms with Crippen LogP contribution in [0.2, 0.25) is 0 Å². The fourth-order valence-electron chi connectivity index (χ4n) is 2.68. The maximum absolute atomic E-state index is 13.4. The lowest BCUT2D eigenvalue weighted by Gasteiger charge is -2.29. The van der Waals surface area contributed by atoms with E-state index in [9.17, 15) is 18.0 Å². The number of rotatable bonds is 2. The quantitative estimate of drug-likeness (QED) is 0.710. The third kappa shape index (κ3) is 1.78. The van der Waals surface area contributed by atoms with Crippen molar-refractivity contribution in [2.75, 3.05) is 27.7 Å². The van der Waals surface area contributed by atoms with Gasteiger partial charge in [-0.3, -0.25) is 4.79 Å². The standard InChI is InChI=1S/C12H17F3N2O/c1-16(2)6-9-10(18)11(7-17(9)3,8-4-5-8)12(13,14)15/h6,8H,4-5,7H2,1-3H3/b9-6+. The molecule has 102 valence electrons. The number of nitrogens with zero attached hydrogens (tertiary/aromatic N) is 2. The Bertz CT molecular complexity index is 399. The largest absolute Gasteiger partial charge is 0.403 e. The molecule has 0 aromatic heterocycles. The van der Waals surface area contributed by atoms with Crippen LogP contribution in [-0.2, 0) is 4.79 Å². The van der Waals surface area contributed by atoms with Gasteiger partial charge in [-0.05, 0) is 18.8 Å². The average Bonchev–Trinajstić information content (AvgIpc) is 2.99. The van der Waals surface area contributed by atoms with Crippen LogP contribution in [0, 0.1) is 11.3 Å². The molecule has 0 N–H and O–H groups in total. The molecular weight excluding hydrogens is 245 g/mol. The normalized spacial score (nSPS) is 31.3. The summed E-state index contributed by atoms with van der Waals surface area (Å²) in [6, 6.07) is 0. The molecule has 0 amide bonds. The van der Waals surface area contributed by atoms with Crippen molar-refractivity contribution < 1.29 is 18.0 Å². The highest BCUT2D eigenvalue weighted by molar-refractivity contribution is 6.02. The maximum atomic E-state index is 13.4. The molecule has 1 aliphatic heterocycles. The lowest BCUT2D eigenvalue weighted by atomic mass is 9.79. The zero-order valence-electron chi connectivity index (χ0n) is 10.7. The van der Waals surface area contributed by atoms with Gasteiger partial charge in [-0.15, -0.1) is 0 Å². The van der Waals surface area contributed by atoms with Gasteiger partial charge in [0.1, 0.15) is 0 Å². The van der Waals surface area contributed by atoms with E-state index in [1.54, 1.807) is 26.0 Å². The molecule has 2 fully saturated rings. The first-order valence-corrected chi connectivity index (χ1v) is 5.91. The van der Waals surface area contributed by atoms with Crippen molar-refractivity contribution in [2.45, 2.75) is 19.0 Å². The zero-order valence-corrected chi connectivity index (χ0v) is 10.7. The first-order valence-electron chi connectivity index (χ1n) is 5.91. The van der Waals surface area contributed by atoms with Gasteiger partial charge in [-0.2, -0.15) is 13.2 Å². The topological polar surface area (TPSA) is 23.6 Å². The number of hydrogen-bond acceptors (Lipinski definition) is 3. The third-order valence-corrected chi connectivity index (χ3v) is 3.70. The molecule has 1 aliphatic carbocycles. The van der Waals surface area contributed by atoms with Gasteiger partial charge in [-0.1, -0.05) is 0 Å². The second kappa shape index (κ2) is 3.90. The highest BCUT2D eigenvalue weighted by Gasteiger charge is 2.70. The van der Waals surface area contributed by atoms with Gasteiger partial charge in [-0.25, -0.2) is 0 Å². The predicted molar refractivity (Wildman–Crippen MR) is 60.6 cm³/mol. The van der Waals surface area contributed by atoms with Gasteiger partial charge in [0.2, 0.25) is 0 Å². The Hall–Kier alpha value is -1.20. The van der Waals surface area contributed by atoms with Crippen LogP contribution in [0.1, 0.15) is 12.8 Å². The summed E-state index contributed by atoms with van der Waals surface area (Å²) < 4.78 is 40.1. The molecule has 6 heteroatoms. The summed E-state index contributed by atoms with van der Waals surface area (Å²) in [6.45, 7) is -0.250. The van der Waals surface area contributed by atoms with E-state index in [0.29, 0.717) is 12.8 Å². The van der Waals surface area contributed by atoms with E-state index in [4.69, 9.17) is 0 Å². The Labute approximate surface area is 104 Å². The summed E-state index contributed by atoms with van der Waals surface area (Å²) >= 11 is 0. The maximum Gasteiger partial charge on any atom is 0.403 e. The van der Waals surface area contributed by atoms with Crippen LogP contribution >= 0.6 is 0 Å². The summed E-state index contributed by atoms with van der Waals surface area (Å²) in [4.78, 5) is 15.3. The minimum absolute atomic E-state index is 0.157. The fraction of sp³-hybridized carbons (Fsp3) is 0.750. The van der Waals surface area contributed by atoms with Crippen molar-refractivity contribution in [3.05, 3.63) is 11.9 Å². The summed E-state index contributed by atoms with van der Waals surface area (Å²) in [6.07, 6.45) is -2.01. The van der Waals surface area contributed by atoms with Crippen LogP contribution in [-0.4, -0.2) is 49.4 Å². The van der Waals surface area contributed by atoms with Crippen LogP contribution in [0.4, 0.5) is 13.2 Å². The van der Waals surface area contributed by atoms with E-state index in [-0.39, 0.29) is 12.2 Å². The Morgan fingerprint density at radius 3 is 2.33 bits per heavy atom. The van der Waals surface area contributed by atoms with Crippen molar-refractivity contribution in [3.8, 4) is 0 Å². The minimum Gasteiger partial charge on any atom is -0.382 e. The molecule has 0 bridgehead atoms. The van der Waals surface area contributed by atoms with E-state index < -0.39 is 23.3 Å². The van der Waals surface area contributed by atoms with E-state index in [2.05, 4.69) is 0 Å². The SMILES string of the molecule is CN(C)/C=C1\C(=O)C(C2CC2)(C(F)(F)F)CN1C. The smallest absolute Gasteiger partial charge is 0.382 e. The first-order chi connectivity index (χ1) is 8.20. The van der Waals surface area contributed by atoms with E-state index >= 15 is 0 Å². The van der Waals surface area contributed by atoms with Gasteiger partial charge in [0, 0.05) is 33.9 Å². The first kappa shape index (κ1) is 13.2. The second-order valence-corrected chi connectivity index (χ2v) is 5.41. The molecule has 3 nitrogen and oxygen atoms in total. The summed E-state index contributed by atoms with van der Waals surface area (Å²) in [5, 5.41) is 0. The molecular formula is C12H17F3N2O. The highest BCUT2D eigenvalue weighted by atomic mass is 19.4. The number of carbonyl (C=O) groups is 1. The number of carbonyl (C=O) groups excluding carboxylic acids is 1. The zero-order chi connectivity index (χ0) is 13.7. The highest BCUT2D eigenvalue weighted by Crippen LogP contribution is 2.59. The molecule has 1 atom stereocenters. The molecule has 18 heavy (non-hydrogen) atoms. The van der Waals surface area contributed by atoms with Crippen molar-refractivity contribution in [1.29, 1.82) is 0 Å². The Balaban J connectivity index is 2.43. The van der Waals surface area contributed by atoms with E-state index in [1.165, 1.54) is 11.1 Å². The predicted octanol–water partition coefficient (Wildman–Crippen LogP) is 1.86. The van der Waals surface area contributed by atoms with Crippen LogP contribution in [0.15, 0.2) is 11.9 Å². The number of alkyl halides is 3. The fourth-order valence-corrected chi connectivity index (χ4v) is 2.68. The molecule has 1 saturated heterocycles. The average molecular weight is 262 g/mol. The minimum atomic E-state index is -4.47. The molecule has 2 rings (SSSR count). The molecule has 0 radical (unpaired) electrons. The van der Waals surface area contributed by atoms with Crippen LogP contribution in [0.3, 0.4) is 0 Å². The number of hydrogen-bond donors (Lipinski definition) is 0. The van der Waals surface area contributed by atoms with E-state index in [0.717, 1.165) is 0 Å². The Morgan fingerprint density at radius 1 is 1.39 bits per heavy atom. The van der Waals surface area contributed by atoms with Crippen molar-refractivity contribution in [2.24, 2.45) is 11.3 Å². The molecule has 0 aromatic carbocycles. The molecule has 0 aromatic rings. The van der Waals surface area contributed by atoms with Gasteiger partial charge in [0.05, 0.1) is 5.70 Å². The number of ketones is 1. The summed E-state index contributed by atoms with van der Waals surface area (Å²) in [5.41, 5.74) is -2.02. The second-order valence-electron chi connectivity index (χ2n) is 5.41. The van der Waals surface area contributed by atoms with Crippen molar-refractivity contribution >= 4 is 5.78 Å². The number of likely N-dealkylation sites (tertiary alicyclic amines) is 1. The van der Waals surface area contributed by atoms with Crippen molar-refractivity contribution in [3.63, 3.8) is 0 Å². The number of halogens is 3. The molecule has 1 heterocycles. The monoisotopic (exact) mass is 262 g/mol. The molecule has 2 aliphatic rings. The summed E-state index contributed by atoms with van der Waals surface area (Å²) in [7, 11) is 4.93. The van der Waals surface area contributed by atoms with Gasteiger partial charge in [0.25, 0.3) is 0 Å². The van der Waals surface area contributed by atoms with Crippen LogP contribution < -0.4 is 0 Å². The van der Waals surface area contributed by atoms with Gasteiger partial charge >= 0.3 is 6.18 Å². The lowest BCUT2D eigenvalue weighted by molar-refractivity contribution is -0.221. The summed E-state index contributed by atoms with van der Waals surface area (Å²) in [5.74, 6) is -1.31. The van der Waals surface area contributed by atoms with Crippen molar-refractivity contribution in [1.82, 2.24) is 9.80 Å². The molecule has 1 saturated carbocycles. The third-order valence-electron chi connectivity index (χ3n) is 3.70. The number of allylic oxidation sites excluding steroid dienone is 1. The van der Waals surface area contributed by atoms with E-state index in [1.807, 2.05) is 0 Å². The van der Waals surface area contributed by atoms with Gasteiger partial charge < -0.3 is 9.80 Å². The number of likely N-dealkylation sites (N-methyl/N-ethyl adjacent to an activating group) is 1. The number of Topliss-reactive ketones (excluding diaryl/α,β-unsaturated/α-hetero) is 1. The van der Waals surface area contributed by atoms with Crippen LogP contribution in [0.25, 0.3) is 0 Å².